The number of rotatable bonds is 6. The minimum atomic E-state index is -0.582. The minimum Gasteiger partial charge on any atom is -0.493 e. The molecule has 7 nitrogen and oxygen atoms in total. The van der Waals surface area contributed by atoms with Crippen LogP contribution in [-0.4, -0.2) is 58.3 Å². The summed E-state index contributed by atoms with van der Waals surface area (Å²) in [5.74, 6) is 1.86. The first-order valence-electron chi connectivity index (χ1n) is 10.2. The molecule has 1 aromatic heterocycles. The first-order valence-corrected chi connectivity index (χ1v) is 10.6. The summed E-state index contributed by atoms with van der Waals surface area (Å²) < 4.78 is 11.4. The van der Waals surface area contributed by atoms with Crippen molar-refractivity contribution in [3.63, 3.8) is 0 Å². The summed E-state index contributed by atoms with van der Waals surface area (Å²) in [5.41, 5.74) is 0.822. The third-order valence-electron chi connectivity index (χ3n) is 6.05. The summed E-state index contributed by atoms with van der Waals surface area (Å²) in [6.07, 6.45) is 6.37. The number of halogens is 1. The van der Waals surface area contributed by atoms with Crippen LogP contribution in [0.3, 0.4) is 0 Å². The molecule has 1 saturated carbocycles. The molecule has 2 heterocycles. The zero-order valence-electron chi connectivity index (χ0n) is 16.9. The predicted molar refractivity (Wildman–Crippen MR) is 112 cm³/mol. The van der Waals surface area contributed by atoms with E-state index in [4.69, 9.17) is 21.1 Å². The lowest BCUT2D eigenvalue weighted by atomic mass is 9.78. The number of likely N-dealkylation sites (tertiary alicyclic amines) is 1. The number of methoxy groups -OCH3 is 1. The van der Waals surface area contributed by atoms with Crippen LogP contribution in [0.15, 0.2) is 36.8 Å². The summed E-state index contributed by atoms with van der Waals surface area (Å²) in [6.45, 7) is 1.40. The summed E-state index contributed by atoms with van der Waals surface area (Å²) in [4.78, 5) is 22.9. The third-order valence-corrected chi connectivity index (χ3v) is 6.29. The molecule has 1 amide bonds. The van der Waals surface area contributed by atoms with E-state index in [1.807, 2.05) is 4.90 Å². The maximum Gasteiger partial charge on any atom is 0.222 e. The maximum atomic E-state index is 12.7. The molecule has 8 heteroatoms. The molecule has 1 aliphatic heterocycles. The van der Waals surface area contributed by atoms with Gasteiger partial charge in [-0.2, -0.15) is 0 Å². The number of aryl methyl sites for hydroxylation is 1. The molecule has 0 radical (unpaired) electrons. The fraction of sp³-hybridized carbons (Fsp3) is 0.500. The van der Waals surface area contributed by atoms with Crippen LogP contribution in [0.1, 0.15) is 25.0 Å². The number of hydrogen-bond donors (Lipinski definition) is 1. The van der Waals surface area contributed by atoms with Crippen molar-refractivity contribution >= 4 is 17.5 Å². The van der Waals surface area contributed by atoms with Crippen LogP contribution in [0.4, 0.5) is 0 Å². The molecule has 2 fully saturated rings. The molecule has 0 spiro atoms. The van der Waals surface area contributed by atoms with Crippen LogP contribution < -0.4 is 9.47 Å². The van der Waals surface area contributed by atoms with Crippen molar-refractivity contribution in [2.75, 3.05) is 20.2 Å². The Kier molecular flexibility index (Phi) is 6.39. The largest absolute Gasteiger partial charge is 0.493 e. The number of benzene rings is 1. The Morgan fingerprint density at radius 1 is 1.23 bits per heavy atom. The topological polar surface area (TPSA) is 84.8 Å². The number of aliphatic hydroxyl groups excluding tert-OH is 1. The van der Waals surface area contributed by atoms with E-state index in [2.05, 4.69) is 9.97 Å². The third kappa shape index (κ3) is 4.68. The summed E-state index contributed by atoms with van der Waals surface area (Å²) >= 11 is 6.02. The lowest BCUT2D eigenvalue weighted by Gasteiger charge is -2.35. The maximum absolute atomic E-state index is 12.7. The zero-order valence-corrected chi connectivity index (χ0v) is 17.7. The Balaban J connectivity index is 1.35. The van der Waals surface area contributed by atoms with Gasteiger partial charge in [-0.25, -0.2) is 0 Å². The first-order chi connectivity index (χ1) is 14.5. The van der Waals surface area contributed by atoms with Crippen LogP contribution in [0.2, 0.25) is 5.02 Å². The van der Waals surface area contributed by atoms with Gasteiger partial charge in [0.2, 0.25) is 5.91 Å². The van der Waals surface area contributed by atoms with Gasteiger partial charge in [-0.3, -0.25) is 14.8 Å². The van der Waals surface area contributed by atoms with Crippen LogP contribution in [0, 0.1) is 11.8 Å². The molecular weight excluding hydrogens is 406 g/mol. The number of fused-ring (bicyclic) bond motifs is 1. The van der Waals surface area contributed by atoms with Gasteiger partial charge in [0.25, 0.3) is 0 Å². The SMILES string of the molecule is COc1cc(Cl)ccc1O[C@@H]1C[C@@H]2CN(C(=O)CCc3cnccn3)C[C@@H]2C[C@H]1O. The molecule has 1 saturated heterocycles. The number of aliphatic hydroxyl groups is 1. The number of carbonyl (C=O) groups excluding carboxylic acids is 1. The van der Waals surface area contributed by atoms with E-state index in [0.717, 1.165) is 5.69 Å². The lowest BCUT2D eigenvalue weighted by Crippen LogP contribution is -2.42. The van der Waals surface area contributed by atoms with Crippen molar-refractivity contribution in [1.29, 1.82) is 0 Å². The van der Waals surface area contributed by atoms with Crippen molar-refractivity contribution in [1.82, 2.24) is 14.9 Å². The van der Waals surface area contributed by atoms with Crippen molar-refractivity contribution in [2.45, 2.75) is 37.9 Å². The van der Waals surface area contributed by atoms with E-state index in [1.54, 1.807) is 43.9 Å². The second-order valence-electron chi connectivity index (χ2n) is 8.01. The molecule has 0 bridgehead atoms. The van der Waals surface area contributed by atoms with Gasteiger partial charge in [-0.1, -0.05) is 11.6 Å². The van der Waals surface area contributed by atoms with Crippen LogP contribution in [0.25, 0.3) is 0 Å². The highest BCUT2D eigenvalue weighted by molar-refractivity contribution is 6.30. The van der Waals surface area contributed by atoms with Crippen molar-refractivity contribution in [3.05, 3.63) is 47.5 Å². The van der Waals surface area contributed by atoms with Crippen LogP contribution >= 0.6 is 11.6 Å². The molecule has 2 aromatic rings. The quantitative estimate of drug-likeness (QED) is 0.757. The second-order valence-corrected chi connectivity index (χ2v) is 8.44. The zero-order chi connectivity index (χ0) is 21.1. The average molecular weight is 432 g/mol. The van der Waals surface area contributed by atoms with Crippen molar-refractivity contribution < 1.29 is 19.4 Å². The Morgan fingerprint density at radius 3 is 2.77 bits per heavy atom. The number of hydrogen-bond acceptors (Lipinski definition) is 6. The van der Waals surface area contributed by atoms with Gasteiger partial charge in [-0.15, -0.1) is 0 Å². The van der Waals surface area contributed by atoms with E-state index in [1.165, 1.54) is 0 Å². The first kappa shape index (κ1) is 20.9. The summed E-state index contributed by atoms with van der Waals surface area (Å²) in [6, 6.07) is 5.20. The van der Waals surface area contributed by atoms with E-state index in [0.29, 0.717) is 67.1 Å². The number of nitrogens with zero attached hydrogens (tertiary/aromatic N) is 3. The number of amides is 1. The molecule has 0 unspecified atom stereocenters. The summed E-state index contributed by atoms with van der Waals surface area (Å²) in [7, 11) is 1.56. The number of aromatic nitrogens is 2. The van der Waals surface area contributed by atoms with Crippen molar-refractivity contribution in [3.8, 4) is 11.5 Å². The van der Waals surface area contributed by atoms with Gasteiger partial charge in [0.05, 0.1) is 18.9 Å². The Bertz CT molecular complexity index is 882. The molecule has 30 heavy (non-hydrogen) atoms. The fourth-order valence-corrected chi connectivity index (χ4v) is 4.64. The van der Waals surface area contributed by atoms with E-state index < -0.39 is 6.10 Å². The molecule has 1 N–H and O–H groups in total. The van der Waals surface area contributed by atoms with Crippen molar-refractivity contribution in [2.24, 2.45) is 11.8 Å². The summed E-state index contributed by atoms with van der Waals surface area (Å²) in [5, 5.41) is 11.2. The van der Waals surface area contributed by atoms with Gasteiger partial charge in [0.1, 0.15) is 6.10 Å². The van der Waals surface area contributed by atoms with Gasteiger partial charge in [-0.05, 0) is 43.2 Å². The van der Waals surface area contributed by atoms with Gasteiger partial charge in [0.15, 0.2) is 11.5 Å². The highest BCUT2D eigenvalue weighted by Gasteiger charge is 2.43. The molecule has 1 aliphatic carbocycles. The minimum absolute atomic E-state index is 0.126. The molecule has 160 valence electrons. The normalized spacial score (nSPS) is 25.6. The predicted octanol–water partition coefficient (Wildman–Crippen LogP) is 2.75. The average Bonchev–Trinajstić information content (AvgIpc) is 3.17. The monoisotopic (exact) mass is 431 g/mol. The van der Waals surface area contributed by atoms with Gasteiger partial charge < -0.3 is 19.5 Å². The molecular formula is C22H26ClN3O4. The Labute approximate surface area is 181 Å². The Morgan fingerprint density at radius 2 is 2.03 bits per heavy atom. The van der Waals surface area contributed by atoms with Gasteiger partial charge >= 0.3 is 0 Å². The van der Waals surface area contributed by atoms with E-state index in [9.17, 15) is 9.90 Å². The molecule has 4 rings (SSSR count). The van der Waals surface area contributed by atoms with Crippen LogP contribution in [0.5, 0.6) is 11.5 Å². The number of ether oxygens (including phenoxy) is 2. The molecule has 1 aromatic carbocycles. The number of carbonyl (C=O) groups is 1. The van der Waals surface area contributed by atoms with E-state index in [-0.39, 0.29) is 12.0 Å². The highest BCUT2D eigenvalue weighted by Crippen LogP contribution is 2.40. The Hall–Kier alpha value is -2.38. The standard InChI is InChI=1S/C22H26ClN3O4/c1-29-21-10-16(23)2-4-19(21)30-20-9-15-13-26(12-14(15)8-18(20)27)22(28)5-3-17-11-24-6-7-25-17/h2,4,6-7,10-11,14-15,18,20,27H,3,5,8-9,12-13H2,1H3/t14-,15+,18+,20+/m0/s1. The van der Waals surface area contributed by atoms with Crippen LogP contribution in [-0.2, 0) is 11.2 Å². The lowest BCUT2D eigenvalue weighted by molar-refractivity contribution is -0.130. The molecule has 4 atom stereocenters. The highest BCUT2D eigenvalue weighted by atomic mass is 35.5. The fourth-order valence-electron chi connectivity index (χ4n) is 4.47. The van der Waals surface area contributed by atoms with E-state index >= 15 is 0 Å². The van der Waals surface area contributed by atoms with Gasteiger partial charge in [0, 0.05) is 49.2 Å². The smallest absolute Gasteiger partial charge is 0.222 e. The second kappa shape index (κ2) is 9.18. The molecule has 2 aliphatic rings.